The first-order chi connectivity index (χ1) is 8.45. The third-order valence-corrected chi connectivity index (χ3v) is 4.24. The molecule has 0 saturated carbocycles. The average molecular weight is 335 g/mol. The molecule has 2 nitrogen and oxygen atoms in total. The zero-order valence-corrected chi connectivity index (χ0v) is 13.5. The fourth-order valence-electron chi connectivity index (χ4n) is 1.79. The van der Waals surface area contributed by atoms with Gasteiger partial charge in [-0.05, 0) is 44.5 Å². The topological polar surface area (TPSA) is 23.5 Å². The maximum atomic E-state index is 10.2. The van der Waals surface area contributed by atoms with E-state index in [0.717, 1.165) is 23.0 Å². The molecule has 0 aromatic heterocycles. The largest absolute Gasteiger partial charge is 0.388 e. The number of hydrogen-bond acceptors (Lipinski definition) is 2. The first kappa shape index (κ1) is 16.0. The summed E-state index contributed by atoms with van der Waals surface area (Å²) < 4.78 is 0.931. The number of aliphatic hydroxyl groups is 1. The highest BCUT2D eigenvalue weighted by molar-refractivity contribution is 9.10. The predicted octanol–water partition coefficient (Wildman–Crippen LogP) is 4.26. The summed E-state index contributed by atoms with van der Waals surface area (Å²) in [7, 11) is 2.09. The molecule has 0 aliphatic carbocycles. The second-order valence-electron chi connectivity index (χ2n) is 4.71. The Morgan fingerprint density at radius 1 is 1.44 bits per heavy atom. The van der Waals surface area contributed by atoms with Crippen LogP contribution in [0.5, 0.6) is 0 Å². The van der Waals surface area contributed by atoms with Crippen LogP contribution >= 0.6 is 27.5 Å². The summed E-state index contributed by atoms with van der Waals surface area (Å²) in [5.41, 5.74) is 0.803. The van der Waals surface area contributed by atoms with E-state index in [9.17, 15) is 5.11 Å². The van der Waals surface area contributed by atoms with Crippen LogP contribution in [0.1, 0.15) is 38.4 Å². The van der Waals surface area contributed by atoms with Gasteiger partial charge in [0.2, 0.25) is 0 Å². The van der Waals surface area contributed by atoms with Gasteiger partial charge in [0.25, 0.3) is 0 Å². The SMILES string of the molecule is CCC(C)N(C)CCC(O)c1ccc(Br)cc1Cl. The van der Waals surface area contributed by atoms with Crippen LogP contribution in [0.25, 0.3) is 0 Å². The fraction of sp³-hybridized carbons (Fsp3) is 0.571. The van der Waals surface area contributed by atoms with E-state index >= 15 is 0 Å². The quantitative estimate of drug-likeness (QED) is 0.840. The van der Waals surface area contributed by atoms with Crippen molar-refractivity contribution in [3.05, 3.63) is 33.3 Å². The second-order valence-corrected chi connectivity index (χ2v) is 6.03. The van der Waals surface area contributed by atoms with E-state index in [-0.39, 0.29) is 0 Å². The van der Waals surface area contributed by atoms with Crippen molar-refractivity contribution >= 4 is 27.5 Å². The maximum absolute atomic E-state index is 10.2. The molecule has 0 aliphatic heterocycles. The number of rotatable bonds is 6. The Bertz CT molecular complexity index is 386. The van der Waals surface area contributed by atoms with Crippen molar-refractivity contribution in [3.63, 3.8) is 0 Å². The summed E-state index contributed by atoms with van der Waals surface area (Å²) in [6.45, 7) is 5.23. The highest BCUT2D eigenvalue weighted by Gasteiger charge is 2.14. The van der Waals surface area contributed by atoms with Gasteiger partial charge in [0.1, 0.15) is 0 Å². The van der Waals surface area contributed by atoms with Crippen LogP contribution in [-0.4, -0.2) is 29.6 Å². The van der Waals surface area contributed by atoms with Crippen molar-refractivity contribution in [2.45, 2.75) is 38.8 Å². The van der Waals surface area contributed by atoms with E-state index < -0.39 is 6.10 Å². The van der Waals surface area contributed by atoms with Gasteiger partial charge in [-0.2, -0.15) is 0 Å². The first-order valence-electron chi connectivity index (χ1n) is 6.29. The molecule has 0 saturated heterocycles. The van der Waals surface area contributed by atoms with Crippen molar-refractivity contribution in [3.8, 4) is 0 Å². The number of hydrogen-bond donors (Lipinski definition) is 1. The molecule has 102 valence electrons. The van der Waals surface area contributed by atoms with E-state index in [4.69, 9.17) is 11.6 Å². The van der Waals surface area contributed by atoms with E-state index in [1.165, 1.54) is 0 Å². The molecule has 0 aliphatic rings. The fourth-order valence-corrected chi connectivity index (χ4v) is 2.58. The Labute approximate surface area is 123 Å². The summed E-state index contributed by atoms with van der Waals surface area (Å²) in [4.78, 5) is 2.26. The van der Waals surface area contributed by atoms with E-state index in [1.807, 2.05) is 18.2 Å². The molecule has 0 bridgehead atoms. The number of halogens is 2. The van der Waals surface area contributed by atoms with Crippen molar-refractivity contribution < 1.29 is 5.11 Å². The van der Waals surface area contributed by atoms with Gasteiger partial charge in [-0.1, -0.05) is 40.5 Å². The van der Waals surface area contributed by atoms with Gasteiger partial charge in [0.05, 0.1) is 6.10 Å². The molecule has 1 aromatic carbocycles. The summed E-state index contributed by atoms with van der Waals surface area (Å²) in [6, 6.07) is 6.14. The molecule has 2 unspecified atom stereocenters. The summed E-state index contributed by atoms with van der Waals surface area (Å²) in [5.74, 6) is 0. The Morgan fingerprint density at radius 3 is 2.67 bits per heavy atom. The minimum absolute atomic E-state index is 0.503. The lowest BCUT2D eigenvalue weighted by Gasteiger charge is -2.24. The predicted molar refractivity (Wildman–Crippen MR) is 81.1 cm³/mol. The van der Waals surface area contributed by atoms with Gasteiger partial charge in [-0.3, -0.25) is 0 Å². The van der Waals surface area contributed by atoms with Gasteiger partial charge >= 0.3 is 0 Å². The lowest BCUT2D eigenvalue weighted by Crippen LogP contribution is -2.30. The Balaban J connectivity index is 2.57. The lowest BCUT2D eigenvalue weighted by molar-refractivity contribution is 0.138. The van der Waals surface area contributed by atoms with Gasteiger partial charge in [-0.15, -0.1) is 0 Å². The van der Waals surface area contributed by atoms with Gasteiger partial charge in [-0.25, -0.2) is 0 Å². The van der Waals surface area contributed by atoms with Crippen LogP contribution < -0.4 is 0 Å². The zero-order chi connectivity index (χ0) is 13.7. The molecule has 0 radical (unpaired) electrons. The maximum Gasteiger partial charge on any atom is 0.0816 e. The molecule has 18 heavy (non-hydrogen) atoms. The molecular weight excluding hydrogens is 314 g/mol. The molecule has 0 spiro atoms. The highest BCUT2D eigenvalue weighted by atomic mass is 79.9. The molecular formula is C14H21BrClNO. The van der Waals surface area contributed by atoms with Gasteiger partial charge in [0.15, 0.2) is 0 Å². The van der Waals surface area contributed by atoms with Crippen molar-refractivity contribution in [1.29, 1.82) is 0 Å². The number of nitrogens with zero attached hydrogens (tertiary/aromatic N) is 1. The van der Waals surface area contributed by atoms with Gasteiger partial charge in [0, 0.05) is 22.1 Å². The first-order valence-corrected chi connectivity index (χ1v) is 7.46. The van der Waals surface area contributed by atoms with Crippen LogP contribution in [0.2, 0.25) is 5.02 Å². The third kappa shape index (κ3) is 4.54. The minimum atomic E-state index is -0.503. The van der Waals surface area contributed by atoms with Crippen LogP contribution in [-0.2, 0) is 0 Å². The molecule has 1 N–H and O–H groups in total. The normalized spacial score (nSPS) is 14.8. The molecule has 1 rings (SSSR count). The van der Waals surface area contributed by atoms with Crippen LogP contribution in [0.4, 0.5) is 0 Å². The molecule has 0 amide bonds. The Morgan fingerprint density at radius 2 is 2.11 bits per heavy atom. The zero-order valence-electron chi connectivity index (χ0n) is 11.2. The smallest absolute Gasteiger partial charge is 0.0816 e. The monoisotopic (exact) mass is 333 g/mol. The summed E-state index contributed by atoms with van der Waals surface area (Å²) >= 11 is 9.49. The minimum Gasteiger partial charge on any atom is -0.388 e. The van der Waals surface area contributed by atoms with Gasteiger partial charge < -0.3 is 10.0 Å². The van der Waals surface area contributed by atoms with E-state index in [1.54, 1.807) is 0 Å². The third-order valence-electron chi connectivity index (χ3n) is 3.42. The van der Waals surface area contributed by atoms with E-state index in [0.29, 0.717) is 17.5 Å². The summed E-state index contributed by atoms with van der Waals surface area (Å²) in [5, 5.41) is 10.8. The molecule has 0 fully saturated rings. The molecule has 0 heterocycles. The molecule has 2 atom stereocenters. The van der Waals surface area contributed by atoms with Crippen LogP contribution in [0.3, 0.4) is 0 Å². The number of benzene rings is 1. The Hall–Kier alpha value is -0.0900. The Kier molecular flexibility index (Phi) is 6.64. The lowest BCUT2D eigenvalue weighted by atomic mass is 10.1. The highest BCUT2D eigenvalue weighted by Crippen LogP contribution is 2.28. The van der Waals surface area contributed by atoms with Crippen LogP contribution in [0.15, 0.2) is 22.7 Å². The van der Waals surface area contributed by atoms with Crippen molar-refractivity contribution in [2.75, 3.05) is 13.6 Å². The van der Waals surface area contributed by atoms with Crippen molar-refractivity contribution in [2.24, 2.45) is 0 Å². The standard InChI is InChI=1S/C14H21BrClNO/c1-4-10(2)17(3)8-7-14(18)12-6-5-11(15)9-13(12)16/h5-6,9-10,14,18H,4,7-8H2,1-3H3. The summed E-state index contributed by atoms with van der Waals surface area (Å²) in [6.07, 6.45) is 1.31. The van der Waals surface area contributed by atoms with Crippen molar-refractivity contribution in [1.82, 2.24) is 4.90 Å². The second kappa shape index (κ2) is 7.49. The average Bonchev–Trinajstić information content (AvgIpc) is 2.34. The van der Waals surface area contributed by atoms with Crippen LogP contribution in [0, 0.1) is 0 Å². The molecule has 1 aromatic rings. The molecule has 4 heteroatoms. The number of aliphatic hydroxyl groups excluding tert-OH is 1. The van der Waals surface area contributed by atoms with E-state index in [2.05, 4.69) is 41.7 Å².